The Labute approximate surface area is 216 Å². The van der Waals surface area contributed by atoms with Crippen molar-refractivity contribution in [1.29, 1.82) is 0 Å². The molecule has 0 unspecified atom stereocenters. The highest BCUT2D eigenvalue weighted by Crippen LogP contribution is 2.40. The van der Waals surface area contributed by atoms with Crippen molar-refractivity contribution >= 4 is 51.7 Å². The number of pyridine rings is 1. The van der Waals surface area contributed by atoms with Crippen molar-refractivity contribution in [3.8, 4) is 11.4 Å². The molecule has 2 aliphatic rings. The van der Waals surface area contributed by atoms with E-state index in [1.807, 2.05) is 0 Å². The first-order chi connectivity index (χ1) is 17.9. The summed E-state index contributed by atoms with van der Waals surface area (Å²) < 4.78 is 6.54. The van der Waals surface area contributed by atoms with Crippen LogP contribution >= 0.6 is 23.1 Å². The van der Waals surface area contributed by atoms with Crippen LogP contribution in [0.5, 0.6) is 0 Å². The van der Waals surface area contributed by atoms with Gasteiger partial charge >= 0.3 is 5.97 Å². The molecule has 0 bridgehead atoms. The fourth-order valence-electron chi connectivity index (χ4n) is 3.94. The van der Waals surface area contributed by atoms with Gasteiger partial charge in [0.25, 0.3) is 11.8 Å². The molecule has 5 rings (SSSR count). The van der Waals surface area contributed by atoms with E-state index in [9.17, 15) is 19.5 Å². The molecular weight excluding hydrogens is 524 g/mol. The van der Waals surface area contributed by atoms with Crippen molar-refractivity contribution in [2.75, 3.05) is 18.6 Å². The first kappa shape index (κ1) is 24.4. The fraction of sp³-hybridized carbons (Fsp3) is 0.238. The molecule has 0 radical (unpaired) electrons. The predicted molar refractivity (Wildman–Crippen MR) is 130 cm³/mol. The third-order valence-corrected chi connectivity index (χ3v) is 7.60. The number of aliphatic carboxylic acids is 1. The Kier molecular flexibility index (Phi) is 6.58. The number of thiazole rings is 1. The van der Waals surface area contributed by atoms with E-state index < -0.39 is 29.2 Å². The number of hydrogen-bond donors (Lipinski definition) is 3. The van der Waals surface area contributed by atoms with Gasteiger partial charge in [0.05, 0.1) is 0 Å². The molecule has 37 heavy (non-hydrogen) atoms. The van der Waals surface area contributed by atoms with Gasteiger partial charge in [0.15, 0.2) is 29.8 Å². The van der Waals surface area contributed by atoms with Gasteiger partial charge < -0.3 is 25.5 Å². The van der Waals surface area contributed by atoms with Crippen LogP contribution < -0.4 is 15.6 Å². The lowest BCUT2D eigenvalue weighted by atomic mass is 10.0. The van der Waals surface area contributed by atoms with Crippen LogP contribution in [0.15, 0.2) is 57.2 Å². The average Bonchev–Trinajstić information content (AvgIpc) is 3.58. The zero-order valence-corrected chi connectivity index (χ0v) is 20.7. The zero-order chi connectivity index (χ0) is 26.1. The second kappa shape index (κ2) is 9.98. The highest BCUT2D eigenvalue weighted by atomic mass is 32.2. The lowest BCUT2D eigenvalue weighted by Crippen LogP contribution is -2.71. The molecule has 3 aromatic rings. The zero-order valence-electron chi connectivity index (χ0n) is 19.1. The Balaban J connectivity index is 1.32. The Morgan fingerprint density at radius 3 is 2.81 bits per heavy atom. The van der Waals surface area contributed by atoms with E-state index in [0.717, 1.165) is 16.9 Å². The summed E-state index contributed by atoms with van der Waals surface area (Å²) in [4.78, 5) is 52.0. The third-order valence-electron chi connectivity index (χ3n) is 5.58. The van der Waals surface area contributed by atoms with Gasteiger partial charge in [-0.2, -0.15) is 4.98 Å². The Hall–Kier alpha value is -4.31. The van der Waals surface area contributed by atoms with Gasteiger partial charge in [0.2, 0.25) is 12.2 Å². The minimum Gasteiger partial charge on any atom is -0.477 e. The van der Waals surface area contributed by atoms with Crippen molar-refractivity contribution < 1.29 is 33.4 Å². The summed E-state index contributed by atoms with van der Waals surface area (Å²) in [7, 11) is 1.28. The maximum Gasteiger partial charge on any atom is 0.352 e. The largest absolute Gasteiger partial charge is 0.477 e. The van der Waals surface area contributed by atoms with Gasteiger partial charge in [-0.3, -0.25) is 14.5 Å². The molecule has 0 spiro atoms. The number of carboxylic acids is 1. The molecule has 0 aromatic carbocycles. The number of carbonyl (C=O) groups excluding carboxylic acids is 2. The number of rotatable bonds is 8. The van der Waals surface area contributed by atoms with Gasteiger partial charge in [-0.25, -0.2) is 14.3 Å². The SMILES string of the molecule is CO/N=C(\C(=O)N[C@@H]1C(=O)N2C(C(=O)O)=C(C[n+]3ccc(-c4ncon4)cc3)CS[C@H]12)c1csc(N)n1. The van der Waals surface area contributed by atoms with Gasteiger partial charge in [0, 0.05) is 34.4 Å². The number of fused-ring (bicyclic) bond motifs is 1. The van der Waals surface area contributed by atoms with Crippen molar-refractivity contribution in [3.63, 3.8) is 0 Å². The van der Waals surface area contributed by atoms with E-state index in [2.05, 4.69) is 25.6 Å². The third kappa shape index (κ3) is 4.63. The van der Waals surface area contributed by atoms with Crippen LogP contribution in [0.1, 0.15) is 5.69 Å². The Bertz CT molecular complexity index is 1420. The normalized spacial score (nSPS) is 19.3. The summed E-state index contributed by atoms with van der Waals surface area (Å²) in [5.41, 5.74) is 6.92. The summed E-state index contributed by atoms with van der Waals surface area (Å²) >= 11 is 2.49. The monoisotopic (exact) mass is 543 g/mol. The number of thioether (sulfide) groups is 1. The van der Waals surface area contributed by atoms with E-state index in [1.54, 1.807) is 34.5 Å². The minimum atomic E-state index is -1.22. The summed E-state index contributed by atoms with van der Waals surface area (Å²) in [5.74, 6) is -1.65. The molecule has 2 aliphatic heterocycles. The van der Waals surface area contributed by atoms with Crippen LogP contribution in [-0.4, -0.2) is 72.9 Å². The van der Waals surface area contributed by atoms with Crippen molar-refractivity contribution in [2.45, 2.75) is 18.0 Å². The van der Waals surface area contributed by atoms with Crippen LogP contribution in [0.2, 0.25) is 0 Å². The summed E-state index contributed by atoms with van der Waals surface area (Å²) in [6.07, 6.45) is 4.76. The minimum absolute atomic E-state index is 0.0907. The molecule has 1 fully saturated rings. The summed E-state index contributed by atoms with van der Waals surface area (Å²) in [6, 6.07) is 2.62. The Morgan fingerprint density at radius 2 is 2.19 bits per heavy atom. The molecule has 5 heterocycles. The molecule has 1 saturated heterocycles. The first-order valence-electron chi connectivity index (χ1n) is 10.7. The maximum atomic E-state index is 13.0. The number of carboxylic acid groups (broad SMARTS) is 1. The maximum absolute atomic E-state index is 13.0. The number of nitrogens with one attached hydrogen (secondary N) is 1. The highest BCUT2D eigenvalue weighted by molar-refractivity contribution is 8.00. The number of oxime groups is 1. The number of hydrogen-bond acceptors (Lipinski definition) is 12. The molecule has 2 amide bonds. The van der Waals surface area contributed by atoms with Gasteiger partial charge in [-0.1, -0.05) is 10.3 Å². The fourth-order valence-corrected chi connectivity index (χ4v) is 5.82. The molecule has 0 saturated carbocycles. The number of aromatic nitrogens is 4. The standard InChI is InChI=1S/C21H18N8O6S2/c1-34-26-13(12-8-37-21(22)24-12)17(30)25-14-18(31)29-15(20(32)33)11(7-36-19(14)29)6-28-4-2-10(3-5-28)16-23-9-35-27-16/h2-5,8-9,14,19H,6-7H2,1H3,(H3-,22,24,25,30,32,33)/p+1/b26-13-/t14-,19-/m1/s1. The van der Waals surface area contributed by atoms with E-state index in [4.69, 9.17) is 15.1 Å². The molecule has 0 aliphatic carbocycles. The Morgan fingerprint density at radius 1 is 1.41 bits per heavy atom. The lowest BCUT2D eigenvalue weighted by molar-refractivity contribution is -0.689. The number of nitrogen functional groups attached to an aromatic ring is 1. The van der Waals surface area contributed by atoms with E-state index in [1.165, 1.54) is 30.2 Å². The van der Waals surface area contributed by atoms with Crippen molar-refractivity contribution in [3.05, 3.63) is 53.3 Å². The quantitative estimate of drug-likeness (QED) is 0.148. The topological polar surface area (TPSA) is 190 Å². The molecular formula is C21H19N8O6S2+. The second-order valence-electron chi connectivity index (χ2n) is 7.83. The van der Waals surface area contributed by atoms with Crippen LogP contribution in [0.3, 0.4) is 0 Å². The van der Waals surface area contributed by atoms with Gasteiger partial charge in [-0.05, 0) is 0 Å². The molecule has 16 heteroatoms. The van der Waals surface area contributed by atoms with E-state index in [-0.39, 0.29) is 28.8 Å². The van der Waals surface area contributed by atoms with E-state index in [0.29, 0.717) is 17.2 Å². The van der Waals surface area contributed by atoms with Gasteiger partial charge in [0.1, 0.15) is 29.9 Å². The smallest absolute Gasteiger partial charge is 0.352 e. The van der Waals surface area contributed by atoms with Crippen LogP contribution in [0.4, 0.5) is 5.13 Å². The van der Waals surface area contributed by atoms with E-state index >= 15 is 0 Å². The average molecular weight is 544 g/mol. The highest BCUT2D eigenvalue weighted by Gasteiger charge is 2.54. The molecule has 14 nitrogen and oxygen atoms in total. The first-order valence-corrected chi connectivity index (χ1v) is 12.6. The lowest BCUT2D eigenvalue weighted by Gasteiger charge is -2.49. The second-order valence-corrected chi connectivity index (χ2v) is 9.82. The van der Waals surface area contributed by atoms with Crippen LogP contribution in [-0.2, 0) is 25.8 Å². The number of amides is 2. The summed E-state index contributed by atoms with van der Waals surface area (Å²) in [6.45, 7) is 0.255. The number of nitrogens with two attached hydrogens (primary N) is 1. The molecule has 190 valence electrons. The van der Waals surface area contributed by atoms with Crippen molar-refractivity contribution in [2.24, 2.45) is 5.16 Å². The summed E-state index contributed by atoms with van der Waals surface area (Å²) in [5, 5.41) is 21.3. The molecule has 3 aromatic heterocycles. The number of nitrogens with zero attached hydrogens (tertiary/aromatic N) is 6. The number of β-lactam (4-membered cyclic amide) rings is 1. The number of carbonyl (C=O) groups is 3. The van der Waals surface area contributed by atoms with Crippen LogP contribution in [0.25, 0.3) is 11.4 Å². The van der Waals surface area contributed by atoms with Crippen LogP contribution in [0, 0.1) is 0 Å². The number of anilines is 1. The molecule has 4 N–H and O–H groups in total. The van der Waals surface area contributed by atoms with Crippen molar-refractivity contribution in [1.82, 2.24) is 25.3 Å². The predicted octanol–water partition coefficient (Wildman–Crippen LogP) is -0.148. The molecule has 2 atom stereocenters. The van der Waals surface area contributed by atoms with Gasteiger partial charge in [-0.15, -0.1) is 23.1 Å².